The quantitative estimate of drug-likeness (QED) is 0.706. The van der Waals surface area contributed by atoms with Gasteiger partial charge in [0.1, 0.15) is 5.75 Å². The Labute approximate surface area is 127 Å². The number of hydrogen-bond acceptors (Lipinski definition) is 2. The highest BCUT2D eigenvalue weighted by molar-refractivity contribution is 5.89. The highest BCUT2D eigenvalue weighted by atomic mass is 16.5. The largest absolute Gasteiger partial charge is 0.496 e. The normalized spacial score (nSPS) is 11.2. The summed E-state index contributed by atoms with van der Waals surface area (Å²) in [5.41, 5.74) is 2.47. The second kappa shape index (κ2) is 7.89. The minimum atomic E-state index is 0.951. The molecule has 0 atom stereocenters. The van der Waals surface area contributed by atoms with E-state index in [1.165, 1.54) is 23.8 Å². The molecule has 0 bridgehead atoms. The number of hydrogen-bond donors (Lipinski definition) is 1. The molecule has 0 fully saturated rings. The molecule has 1 aromatic carbocycles. The highest BCUT2D eigenvalue weighted by Crippen LogP contribution is 2.28. The molecule has 0 aliphatic carbocycles. The van der Waals surface area contributed by atoms with Crippen molar-refractivity contribution >= 4 is 10.9 Å². The fourth-order valence-electron chi connectivity index (χ4n) is 2.72. The van der Waals surface area contributed by atoms with E-state index in [1.54, 1.807) is 7.11 Å². The molecule has 0 radical (unpaired) electrons. The number of H-pyrrole nitrogens is 1. The number of fused-ring (bicyclic) bond motifs is 1. The molecule has 2 rings (SSSR count). The predicted molar refractivity (Wildman–Crippen MR) is 90.1 cm³/mol. The zero-order valence-electron chi connectivity index (χ0n) is 13.2. The molecule has 2 aromatic rings. The fraction of sp³-hybridized carbons (Fsp3) is 0.444. The first-order valence-electron chi connectivity index (χ1n) is 7.76. The summed E-state index contributed by atoms with van der Waals surface area (Å²) < 4.78 is 5.50. The third-order valence-corrected chi connectivity index (χ3v) is 3.88. The van der Waals surface area contributed by atoms with Crippen LogP contribution in [0.3, 0.4) is 0 Å². The number of rotatable bonds is 9. The van der Waals surface area contributed by atoms with E-state index in [4.69, 9.17) is 4.74 Å². The van der Waals surface area contributed by atoms with Crippen molar-refractivity contribution in [1.82, 2.24) is 9.88 Å². The summed E-state index contributed by atoms with van der Waals surface area (Å²) in [7, 11) is 1.73. The monoisotopic (exact) mass is 286 g/mol. The Morgan fingerprint density at radius 1 is 1.33 bits per heavy atom. The lowest BCUT2D eigenvalue weighted by atomic mass is 10.1. The molecule has 0 saturated heterocycles. The van der Waals surface area contributed by atoms with E-state index in [2.05, 4.69) is 35.6 Å². The molecule has 1 N–H and O–H groups in total. The summed E-state index contributed by atoms with van der Waals surface area (Å²) in [4.78, 5) is 5.81. The van der Waals surface area contributed by atoms with Gasteiger partial charge in [0.25, 0.3) is 0 Å². The van der Waals surface area contributed by atoms with Crippen molar-refractivity contribution in [2.45, 2.75) is 26.2 Å². The number of aromatic nitrogens is 1. The molecule has 0 aliphatic heterocycles. The molecule has 0 unspecified atom stereocenters. The molecule has 0 saturated carbocycles. The Hall–Kier alpha value is -1.74. The van der Waals surface area contributed by atoms with E-state index in [9.17, 15) is 0 Å². The lowest BCUT2D eigenvalue weighted by Gasteiger charge is -2.20. The maximum Gasteiger partial charge on any atom is 0.128 e. The second-order valence-corrected chi connectivity index (χ2v) is 5.39. The first-order valence-corrected chi connectivity index (χ1v) is 7.76. The van der Waals surface area contributed by atoms with Crippen LogP contribution in [-0.4, -0.2) is 36.6 Å². The molecule has 0 aliphatic rings. The van der Waals surface area contributed by atoms with Gasteiger partial charge in [-0.1, -0.05) is 25.5 Å². The van der Waals surface area contributed by atoms with Crippen LogP contribution in [0.2, 0.25) is 0 Å². The summed E-state index contributed by atoms with van der Waals surface area (Å²) in [6.45, 7) is 9.25. The van der Waals surface area contributed by atoms with Crippen molar-refractivity contribution in [3.05, 3.63) is 42.6 Å². The number of benzene rings is 1. The summed E-state index contributed by atoms with van der Waals surface area (Å²) in [5.74, 6) is 0.951. The van der Waals surface area contributed by atoms with Crippen molar-refractivity contribution in [3.63, 3.8) is 0 Å². The van der Waals surface area contributed by atoms with Crippen molar-refractivity contribution in [3.8, 4) is 5.75 Å². The molecule has 1 heterocycles. The average molecular weight is 286 g/mol. The molecular weight excluding hydrogens is 260 g/mol. The number of ether oxygens (including phenoxy) is 1. The highest BCUT2D eigenvalue weighted by Gasteiger charge is 2.10. The molecule has 0 spiro atoms. The van der Waals surface area contributed by atoms with E-state index in [-0.39, 0.29) is 0 Å². The van der Waals surface area contributed by atoms with Crippen LogP contribution in [-0.2, 0) is 6.42 Å². The standard InChI is InChI=1S/C18H26N2O/c1-4-6-12-20(11-5-2)13-10-15-14-19-16-8-7-9-17(21-3)18(15)16/h5,7-9,14,19H,2,4,6,10-13H2,1,3H3. The Balaban J connectivity index is 2.10. The zero-order chi connectivity index (χ0) is 15.1. The zero-order valence-corrected chi connectivity index (χ0v) is 13.2. The number of nitrogens with one attached hydrogen (secondary N) is 1. The van der Waals surface area contributed by atoms with Crippen LogP contribution < -0.4 is 4.74 Å². The first-order chi connectivity index (χ1) is 10.3. The molecule has 3 nitrogen and oxygen atoms in total. The van der Waals surface area contributed by atoms with Crippen LogP contribution in [0.4, 0.5) is 0 Å². The van der Waals surface area contributed by atoms with Gasteiger partial charge in [0.2, 0.25) is 0 Å². The average Bonchev–Trinajstić information content (AvgIpc) is 2.93. The van der Waals surface area contributed by atoms with Gasteiger partial charge in [-0.15, -0.1) is 6.58 Å². The molecule has 21 heavy (non-hydrogen) atoms. The van der Waals surface area contributed by atoms with Crippen LogP contribution in [0.15, 0.2) is 37.1 Å². The molecule has 0 amide bonds. The fourth-order valence-corrected chi connectivity index (χ4v) is 2.72. The van der Waals surface area contributed by atoms with Crippen molar-refractivity contribution in [2.24, 2.45) is 0 Å². The van der Waals surface area contributed by atoms with Gasteiger partial charge in [-0.25, -0.2) is 0 Å². The van der Waals surface area contributed by atoms with Crippen LogP contribution in [0.5, 0.6) is 5.75 Å². The van der Waals surface area contributed by atoms with Gasteiger partial charge in [0.05, 0.1) is 7.11 Å². The first kappa shape index (κ1) is 15.6. The van der Waals surface area contributed by atoms with Gasteiger partial charge in [0.15, 0.2) is 0 Å². The van der Waals surface area contributed by atoms with E-state index < -0.39 is 0 Å². The summed E-state index contributed by atoms with van der Waals surface area (Å²) in [6.07, 6.45) is 7.60. The van der Waals surface area contributed by atoms with Crippen LogP contribution in [0.1, 0.15) is 25.3 Å². The topological polar surface area (TPSA) is 28.3 Å². The SMILES string of the molecule is C=CCN(CCCC)CCc1c[nH]c2cccc(OC)c12. The maximum absolute atomic E-state index is 5.50. The minimum absolute atomic E-state index is 0.951. The smallest absolute Gasteiger partial charge is 0.128 e. The Morgan fingerprint density at radius 3 is 2.90 bits per heavy atom. The van der Waals surface area contributed by atoms with Gasteiger partial charge >= 0.3 is 0 Å². The Bertz CT molecular complexity index is 574. The van der Waals surface area contributed by atoms with Crippen LogP contribution in [0.25, 0.3) is 10.9 Å². The maximum atomic E-state index is 5.50. The summed E-state index contributed by atoms with van der Waals surface area (Å²) >= 11 is 0. The minimum Gasteiger partial charge on any atom is -0.496 e. The van der Waals surface area contributed by atoms with Crippen molar-refractivity contribution in [2.75, 3.05) is 26.7 Å². The summed E-state index contributed by atoms with van der Waals surface area (Å²) in [6, 6.07) is 6.14. The Kier molecular flexibility index (Phi) is 5.88. The third-order valence-electron chi connectivity index (χ3n) is 3.88. The Morgan fingerprint density at radius 2 is 2.19 bits per heavy atom. The number of unbranched alkanes of at least 4 members (excludes halogenated alkanes) is 1. The van der Waals surface area contributed by atoms with Gasteiger partial charge < -0.3 is 9.72 Å². The van der Waals surface area contributed by atoms with Crippen LogP contribution >= 0.6 is 0 Å². The van der Waals surface area contributed by atoms with Crippen molar-refractivity contribution in [1.29, 1.82) is 0 Å². The second-order valence-electron chi connectivity index (χ2n) is 5.39. The lowest BCUT2D eigenvalue weighted by Crippen LogP contribution is -2.27. The number of nitrogens with zero attached hydrogens (tertiary/aromatic N) is 1. The van der Waals surface area contributed by atoms with Gasteiger partial charge in [0, 0.05) is 30.2 Å². The molecule has 1 aromatic heterocycles. The van der Waals surface area contributed by atoms with Gasteiger partial charge in [-0.05, 0) is 37.1 Å². The third kappa shape index (κ3) is 3.88. The van der Waals surface area contributed by atoms with Crippen LogP contribution in [0, 0.1) is 0 Å². The van der Waals surface area contributed by atoms with E-state index >= 15 is 0 Å². The van der Waals surface area contributed by atoms with E-state index in [0.717, 1.165) is 37.3 Å². The van der Waals surface area contributed by atoms with E-state index in [0.29, 0.717) is 0 Å². The van der Waals surface area contributed by atoms with E-state index in [1.807, 2.05) is 18.2 Å². The van der Waals surface area contributed by atoms with Gasteiger partial charge in [-0.3, -0.25) is 4.90 Å². The lowest BCUT2D eigenvalue weighted by molar-refractivity contribution is 0.301. The number of methoxy groups -OCH3 is 1. The molecule has 114 valence electrons. The molecule has 3 heteroatoms. The van der Waals surface area contributed by atoms with Gasteiger partial charge in [-0.2, -0.15) is 0 Å². The predicted octanol–water partition coefficient (Wildman–Crippen LogP) is 4.01. The number of aromatic amines is 1. The molecular formula is C18H26N2O. The van der Waals surface area contributed by atoms with Crippen molar-refractivity contribution < 1.29 is 4.74 Å². The summed E-state index contributed by atoms with van der Waals surface area (Å²) in [5, 5.41) is 1.22.